The van der Waals surface area contributed by atoms with E-state index in [1.165, 1.54) is 7.11 Å². The van der Waals surface area contributed by atoms with Crippen LogP contribution in [0.4, 0.5) is 5.69 Å². The van der Waals surface area contributed by atoms with Gasteiger partial charge in [0.15, 0.2) is 5.11 Å². The minimum atomic E-state index is -0.400. The predicted octanol–water partition coefficient (Wildman–Crippen LogP) is 5.22. The lowest BCUT2D eigenvalue weighted by Crippen LogP contribution is -2.33. The Balaban J connectivity index is 1.46. The highest BCUT2D eigenvalue weighted by atomic mass is 32.1. The van der Waals surface area contributed by atoms with E-state index in [0.29, 0.717) is 17.2 Å². The largest absolute Gasteiger partial charge is 0.465 e. The number of para-hydroxylation sites is 1. The van der Waals surface area contributed by atoms with Crippen LogP contribution in [0, 0.1) is 0 Å². The molecule has 8 nitrogen and oxygen atoms in total. The number of nitrogens with zero attached hydrogens (tertiary/aromatic N) is 3. The van der Waals surface area contributed by atoms with Gasteiger partial charge >= 0.3 is 5.97 Å². The summed E-state index contributed by atoms with van der Waals surface area (Å²) in [6.45, 7) is 2.48. The molecule has 9 heteroatoms. The van der Waals surface area contributed by atoms with Crippen LogP contribution in [0.15, 0.2) is 91.3 Å². The van der Waals surface area contributed by atoms with Crippen molar-refractivity contribution >= 4 is 34.9 Å². The lowest BCUT2D eigenvalue weighted by Gasteiger charge is -2.29. The molecule has 0 aliphatic carbocycles. The fourth-order valence-corrected chi connectivity index (χ4v) is 5.46. The first-order valence-corrected chi connectivity index (χ1v) is 13.6. The van der Waals surface area contributed by atoms with Gasteiger partial charge in [-0.1, -0.05) is 37.3 Å². The van der Waals surface area contributed by atoms with Gasteiger partial charge in [0, 0.05) is 42.4 Å². The monoisotopic (exact) mass is 553 g/mol. The molecule has 2 aromatic heterocycles. The van der Waals surface area contributed by atoms with Gasteiger partial charge < -0.3 is 24.8 Å². The van der Waals surface area contributed by atoms with Crippen LogP contribution >= 0.6 is 12.2 Å². The normalized spacial score (nSPS) is 16.4. The zero-order valence-corrected chi connectivity index (χ0v) is 23.2. The molecule has 0 saturated carbocycles. The highest BCUT2D eigenvalue weighted by molar-refractivity contribution is 7.80. The van der Waals surface area contributed by atoms with Gasteiger partial charge in [0.2, 0.25) is 5.91 Å². The topological polar surface area (TPSA) is 88.5 Å². The molecule has 4 aromatic rings. The molecule has 1 aliphatic rings. The van der Waals surface area contributed by atoms with E-state index in [1.54, 1.807) is 18.3 Å². The molecule has 3 heterocycles. The molecule has 5 rings (SSSR count). The number of carbonyl (C=O) groups is 2. The Morgan fingerprint density at radius 1 is 1.05 bits per heavy atom. The number of hydrogen-bond acceptors (Lipinski definition) is 5. The van der Waals surface area contributed by atoms with Crippen LogP contribution in [0.3, 0.4) is 0 Å². The zero-order chi connectivity index (χ0) is 28.1. The van der Waals surface area contributed by atoms with Gasteiger partial charge in [-0.25, -0.2) is 4.79 Å². The number of esters is 1. The van der Waals surface area contributed by atoms with E-state index in [-0.39, 0.29) is 24.4 Å². The standard InChI is InChI=1S/C31H31N5O3S/c1-3-21-10-4-5-13-24(21)33-27(37)16-19-36-29(28(34-31(36)40)25-14-6-7-17-32-25)26-15-9-18-35(26)23-12-8-11-22(20-23)30(38)39-2/h4-15,17-18,20,28-29H,3,16,19H2,1-2H3,(H,33,37)(H,34,40)/t28-,29+/m0/s1. The van der Waals surface area contributed by atoms with Crippen molar-refractivity contribution in [2.75, 3.05) is 19.0 Å². The number of thiocarbonyl (C=S) groups is 1. The molecule has 40 heavy (non-hydrogen) atoms. The smallest absolute Gasteiger partial charge is 0.337 e. The Labute approximate surface area is 239 Å². The van der Waals surface area contributed by atoms with Gasteiger partial charge in [0.1, 0.15) is 0 Å². The van der Waals surface area contributed by atoms with Crippen LogP contribution in [0.1, 0.15) is 52.7 Å². The molecular weight excluding hydrogens is 522 g/mol. The molecule has 0 bridgehead atoms. The Kier molecular flexibility index (Phi) is 8.21. The number of hydrogen-bond donors (Lipinski definition) is 2. The summed E-state index contributed by atoms with van der Waals surface area (Å²) in [5, 5.41) is 7.06. The highest BCUT2D eigenvalue weighted by Crippen LogP contribution is 2.39. The number of rotatable bonds is 9. The first kappa shape index (κ1) is 27.1. The summed E-state index contributed by atoms with van der Waals surface area (Å²) in [5.41, 5.74) is 4.99. The first-order valence-electron chi connectivity index (χ1n) is 13.2. The first-order chi connectivity index (χ1) is 19.5. The number of anilines is 1. The molecule has 2 N–H and O–H groups in total. The average Bonchev–Trinajstić information content (AvgIpc) is 3.60. The molecule has 2 atom stereocenters. The Morgan fingerprint density at radius 3 is 2.65 bits per heavy atom. The summed E-state index contributed by atoms with van der Waals surface area (Å²) in [6, 6.07) is 24.4. The van der Waals surface area contributed by atoms with Crippen molar-refractivity contribution in [2.24, 2.45) is 0 Å². The summed E-state index contributed by atoms with van der Waals surface area (Å²) in [4.78, 5) is 31.9. The Hall–Kier alpha value is -4.50. The summed E-state index contributed by atoms with van der Waals surface area (Å²) in [7, 11) is 1.37. The van der Waals surface area contributed by atoms with Crippen molar-refractivity contribution in [1.29, 1.82) is 0 Å². The average molecular weight is 554 g/mol. The van der Waals surface area contributed by atoms with Gasteiger partial charge in [-0.3, -0.25) is 9.78 Å². The molecule has 0 radical (unpaired) electrons. The molecule has 2 aromatic carbocycles. The van der Waals surface area contributed by atoms with E-state index in [1.807, 2.05) is 77.5 Å². The van der Waals surface area contributed by atoms with Crippen LogP contribution in [0.2, 0.25) is 0 Å². The third-order valence-corrected chi connectivity index (χ3v) is 7.43. The second kappa shape index (κ2) is 12.1. The van der Waals surface area contributed by atoms with Gasteiger partial charge in [-0.15, -0.1) is 0 Å². The SMILES string of the molecule is CCc1ccccc1NC(=O)CCN1C(=S)N[C@@H](c2ccccn2)[C@H]1c1cccn1-c1cccc(C(=O)OC)c1. The van der Waals surface area contributed by atoms with Crippen molar-refractivity contribution in [3.63, 3.8) is 0 Å². The molecule has 0 unspecified atom stereocenters. The van der Waals surface area contributed by atoms with Gasteiger partial charge in [0.25, 0.3) is 0 Å². The molecule has 0 spiro atoms. The second-order valence-corrected chi connectivity index (χ2v) is 9.86. The molecule has 1 fully saturated rings. The van der Waals surface area contributed by atoms with Crippen LogP contribution in [-0.2, 0) is 16.0 Å². The predicted molar refractivity (Wildman–Crippen MR) is 158 cm³/mol. The second-order valence-electron chi connectivity index (χ2n) is 9.47. The van der Waals surface area contributed by atoms with E-state index in [4.69, 9.17) is 17.0 Å². The number of methoxy groups -OCH3 is 1. The Bertz CT molecular complexity index is 1520. The van der Waals surface area contributed by atoms with E-state index in [0.717, 1.165) is 34.7 Å². The number of carbonyl (C=O) groups excluding carboxylic acids is 2. The van der Waals surface area contributed by atoms with Crippen molar-refractivity contribution in [1.82, 2.24) is 19.8 Å². The fourth-order valence-electron chi connectivity index (χ4n) is 5.12. The van der Waals surface area contributed by atoms with E-state index in [9.17, 15) is 9.59 Å². The van der Waals surface area contributed by atoms with Crippen LogP contribution < -0.4 is 10.6 Å². The maximum Gasteiger partial charge on any atom is 0.337 e. The van der Waals surface area contributed by atoms with Crippen molar-refractivity contribution in [2.45, 2.75) is 31.8 Å². The van der Waals surface area contributed by atoms with Crippen LogP contribution in [-0.4, -0.2) is 45.1 Å². The van der Waals surface area contributed by atoms with Crippen LogP contribution in [0.25, 0.3) is 5.69 Å². The third-order valence-electron chi connectivity index (χ3n) is 7.08. The number of aryl methyl sites for hydroxylation is 1. The van der Waals surface area contributed by atoms with E-state index >= 15 is 0 Å². The van der Waals surface area contributed by atoms with E-state index < -0.39 is 5.97 Å². The summed E-state index contributed by atoms with van der Waals surface area (Å²) in [5.74, 6) is -0.479. The maximum absolute atomic E-state index is 13.0. The fraction of sp³-hybridized carbons (Fsp3) is 0.226. The lowest BCUT2D eigenvalue weighted by atomic mass is 10.0. The molecule has 1 aliphatic heterocycles. The maximum atomic E-state index is 13.0. The minimum absolute atomic E-state index is 0.0788. The summed E-state index contributed by atoms with van der Waals surface area (Å²) in [6.07, 6.45) is 4.80. The molecule has 1 saturated heterocycles. The number of nitrogens with one attached hydrogen (secondary N) is 2. The minimum Gasteiger partial charge on any atom is -0.465 e. The molecule has 1 amide bonds. The quantitative estimate of drug-likeness (QED) is 0.217. The van der Waals surface area contributed by atoms with Crippen molar-refractivity contribution in [3.8, 4) is 5.69 Å². The number of benzene rings is 2. The van der Waals surface area contributed by atoms with Crippen molar-refractivity contribution in [3.05, 3.63) is 114 Å². The summed E-state index contributed by atoms with van der Waals surface area (Å²) < 4.78 is 6.96. The van der Waals surface area contributed by atoms with Crippen molar-refractivity contribution < 1.29 is 14.3 Å². The third kappa shape index (κ3) is 5.60. The van der Waals surface area contributed by atoms with Crippen LogP contribution in [0.5, 0.6) is 0 Å². The van der Waals surface area contributed by atoms with Gasteiger partial charge in [-0.05, 0) is 72.7 Å². The number of pyridine rings is 1. The zero-order valence-electron chi connectivity index (χ0n) is 22.4. The lowest BCUT2D eigenvalue weighted by molar-refractivity contribution is -0.116. The number of amides is 1. The highest BCUT2D eigenvalue weighted by Gasteiger charge is 2.41. The Morgan fingerprint density at radius 2 is 1.88 bits per heavy atom. The molecule has 204 valence electrons. The van der Waals surface area contributed by atoms with E-state index in [2.05, 4.69) is 27.4 Å². The number of aromatic nitrogens is 2. The number of ether oxygens (including phenoxy) is 1. The molecular formula is C31H31N5O3S. The van der Waals surface area contributed by atoms with Gasteiger partial charge in [0.05, 0.1) is 30.5 Å². The van der Waals surface area contributed by atoms with Gasteiger partial charge in [-0.2, -0.15) is 0 Å². The summed E-state index contributed by atoms with van der Waals surface area (Å²) >= 11 is 5.81.